The number of morpholine rings is 1. The maximum atomic E-state index is 13.9. The predicted octanol–water partition coefficient (Wildman–Crippen LogP) is 1.61. The zero-order valence-electron chi connectivity index (χ0n) is 16.0. The third-order valence-corrected chi connectivity index (χ3v) is 6.73. The van der Waals surface area contributed by atoms with Crippen molar-refractivity contribution in [1.82, 2.24) is 14.1 Å². The number of aryl methyl sites for hydroxylation is 2. The highest BCUT2D eigenvalue weighted by Crippen LogP contribution is 2.24. The van der Waals surface area contributed by atoms with Crippen molar-refractivity contribution < 1.29 is 22.3 Å². The summed E-state index contributed by atoms with van der Waals surface area (Å²) in [5.74, 6) is -1.03. The number of aromatic nitrogens is 2. The van der Waals surface area contributed by atoms with Gasteiger partial charge in [-0.1, -0.05) is 6.07 Å². The lowest BCUT2D eigenvalue weighted by molar-refractivity contribution is -0.117. The van der Waals surface area contributed by atoms with Crippen LogP contribution in [0.5, 0.6) is 0 Å². The van der Waals surface area contributed by atoms with Crippen LogP contribution in [-0.4, -0.2) is 54.7 Å². The van der Waals surface area contributed by atoms with Gasteiger partial charge in [0.2, 0.25) is 15.9 Å². The standard InChI is InChI=1S/C18H23FN4O4S/c1-12-4-5-16(15(19)10-12)20-17(24)11-23-14(3)18(13(2)21-23)28(25,26)22-6-8-27-9-7-22/h4-5,10H,6-9,11H2,1-3H3,(H,20,24). The third kappa shape index (κ3) is 4.08. The number of halogens is 1. The van der Waals surface area contributed by atoms with Crippen LogP contribution in [0.15, 0.2) is 23.1 Å². The molecule has 0 unspecified atom stereocenters. The average Bonchev–Trinajstić information content (AvgIpc) is 2.92. The van der Waals surface area contributed by atoms with E-state index in [4.69, 9.17) is 4.74 Å². The second-order valence-corrected chi connectivity index (χ2v) is 8.58. The van der Waals surface area contributed by atoms with Gasteiger partial charge in [-0.2, -0.15) is 9.40 Å². The van der Waals surface area contributed by atoms with Gasteiger partial charge in [-0.15, -0.1) is 0 Å². The van der Waals surface area contributed by atoms with E-state index in [0.717, 1.165) is 5.56 Å². The number of sulfonamides is 1. The lowest BCUT2D eigenvalue weighted by Gasteiger charge is -2.26. The lowest BCUT2D eigenvalue weighted by atomic mass is 10.2. The Labute approximate surface area is 163 Å². The topological polar surface area (TPSA) is 93.5 Å². The van der Waals surface area contributed by atoms with Crippen molar-refractivity contribution in [3.8, 4) is 0 Å². The molecule has 0 spiro atoms. The zero-order valence-corrected chi connectivity index (χ0v) is 16.8. The molecule has 0 bridgehead atoms. The first-order chi connectivity index (χ1) is 13.2. The Hall–Kier alpha value is -2.30. The number of hydrogen-bond donors (Lipinski definition) is 1. The Bertz CT molecular complexity index is 997. The first kappa shape index (κ1) is 20.4. The number of nitrogens with one attached hydrogen (secondary N) is 1. The van der Waals surface area contributed by atoms with Gasteiger partial charge in [-0.3, -0.25) is 9.48 Å². The molecule has 1 amide bonds. The van der Waals surface area contributed by atoms with Crippen LogP contribution in [-0.2, 0) is 26.1 Å². The van der Waals surface area contributed by atoms with Gasteiger partial charge in [0.05, 0.1) is 30.3 Å². The molecule has 1 aromatic carbocycles. The van der Waals surface area contributed by atoms with Crippen LogP contribution >= 0.6 is 0 Å². The molecule has 1 fully saturated rings. The SMILES string of the molecule is Cc1ccc(NC(=O)Cn2nc(C)c(S(=O)(=O)N3CCOCC3)c2C)c(F)c1. The Morgan fingerprint density at radius 1 is 1.25 bits per heavy atom. The molecule has 2 aromatic rings. The highest BCUT2D eigenvalue weighted by atomic mass is 32.2. The predicted molar refractivity (Wildman–Crippen MR) is 101 cm³/mol. The minimum absolute atomic E-state index is 0.0679. The smallest absolute Gasteiger partial charge is 0.246 e. The molecule has 2 heterocycles. The van der Waals surface area contributed by atoms with Gasteiger partial charge in [0, 0.05) is 13.1 Å². The number of carbonyl (C=O) groups is 1. The van der Waals surface area contributed by atoms with Crippen molar-refractivity contribution in [2.24, 2.45) is 0 Å². The molecular weight excluding hydrogens is 387 g/mol. The van der Waals surface area contributed by atoms with E-state index in [0.29, 0.717) is 24.6 Å². The fourth-order valence-corrected chi connectivity index (χ4v) is 4.95. The monoisotopic (exact) mass is 410 g/mol. The van der Waals surface area contributed by atoms with Crippen molar-refractivity contribution in [3.63, 3.8) is 0 Å². The maximum Gasteiger partial charge on any atom is 0.246 e. The molecule has 0 radical (unpaired) electrons. The van der Waals surface area contributed by atoms with Gasteiger partial charge in [0.15, 0.2) is 0 Å². The quantitative estimate of drug-likeness (QED) is 0.808. The fraction of sp³-hybridized carbons (Fsp3) is 0.444. The summed E-state index contributed by atoms with van der Waals surface area (Å²) in [7, 11) is -3.73. The molecule has 0 atom stereocenters. The van der Waals surface area contributed by atoms with Crippen molar-refractivity contribution >= 4 is 21.6 Å². The molecule has 1 aliphatic heterocycles. The molecular formula is C18H23FN4O4S. The van der Waals surface area contributed by atoms with E-state index in [1.807, 2.05) is 0 Å². The summed E-state index contributed by atoms with van der Waals surface area (Å²) in [5.41, 5.74) is 1.49. The third-order valence-electron chi connectivity index (χ3n) is 4.58. The molecule has 0 saturated carbocycles. The summed E-state index contributed by atoms with van der Waals surface area (Å²) >= 11 is 0. The van der Waals surface area contributed by atoms with E-state index in [1.54, 1.807) is 26.8 Å². The number of anilines is 1. The van der Waals surface area contributed by atoms with E-state index < -0.39 is 21.7 Å². The maximum absolute atomic E-state index is 13.9. The Morgan fingerprint density at radius 3 is 2.57 bits per heavy atom. The molecule has 3 rings (SSSR count). The van der Waals surface area contributed by atoms with Crippen LogP contribution in [0.3, 0.4) is 0 Å². The van der Waals surface area contributed by atoms with Crippen molar-refractivity contribution in [2.45, 2.75) is 32.2 Å². The fourth-order valence-electron chi connectivity index (χ4n) is 3.17. The number of amides is 1. The number of rotatable bonds is 5. The van der Waals surface area contributed by atoms with Gasteiger partial charge < -0.3 is 10.1 Å². The minimum atomic E-state index is -3.73. The van der Waals surface area contributed by atoms with Gasteiger partial charge in [0.1, 0.15) is 17.3 Å². The summed E-state index contributed by atoms with van der Waals surface area (Å²) in [6, 6.07) is 4.50. The Morgan fingerprint density at radius 2 is 1.93 bits per heavy atom. The van der Waals surface area contributed by atoms with E-state index in [2.05, 4.69) is 10.4 Å². The number of hydrogen-bond acceptors (Lipinski definition) is 5. The van der Waals surface area contributed by atoms with Gasteiger partial charge in [-0.05, 0) is 38.5 Å². The van der Waals surface area contributed by atoms with E-state index in [1.165, 1.54) is 21.1 Å². The lowest BCUT2D eigenvalue weighted by Crippen LogP contribution is -2.41. The molecule has 0 aliphatic carbocycles. The number of carbonyl (C=O) groups excluding carboxylic acids is 1. The summed E-state index contributed by atoms with van der Waals surface area (Å²) in [6.45, 7) is 5.96. The summed E-state index contributed by atoms with van der Waals surface area (Å²) in [4.78, 5) is 12.4. The van der Waals surface area contributed by atoms with Crippen molar-refractivity contribution in [2.75, 3.05) is 31.6 Å². The summed E-state index contributed by atoms with van der Waals surface area (Å²) < 4.78 is 47.7. The largest absolute Gasteiger partial charge is 0.379 e. The minimum Gasteiger partial charge on any atom is -0.379 e. The molecule has 28 heavy (non-hydrogen) atoms. The molecule has 1 aliphatic rings. The van der Waals surface area contributed by atoms with Crippen LogP contribution in [0.1, 0.15) is 17.0 Å². The van der Waals surface area contributed by atoms with Gasteiger partial charge in [-0.25, -0.2) is 12.8 Å². The van der Waals surface area contributed by atoms with Crippen LogP contribution in [0.4, 0.5) is 10.1 Å². The normalized spacial score (nSPS) is 15.6. The molecule has 152 valence electrons. The van der Waals surface area contributed by atoms with Crippen LogP contribution < -0.4 is 5.32 Å². The Kier molecular flexibility index (Phi) is 5.82. The van der Waals surface area contributed by atoms with Crippen molar-refractivity contribution in [3.05, 3.63) is 41.0 Å². The molecule has 1 aromatic heterocycles. The average molecular weight is 410 g/mol. The van der Waals surface area contributed by atoms with Crippen molar-refractivity contribution in [1.29, 1.82) is 0 Å². The van der Waals surface area contributed by atoms with Gasteiger partial charge in [0.25, 0.3) is 0 Å². The number of nitrogens with zero attached hydrogens (tertiary/aromatic N) is 3. The summed E-state index contributed by atoms with van der Waals surface area (Å²) in [6.07, 6.45) is 0. The van der Waals surface area contributed by atoms with E-state index >= 15 is 0 Å². The van der Waals surface area contributed by atoms with E-state index in [-0.39, 0.29) is 30.2 Å². The summed E-state index contributed by atoms with van der Waals surface area (Å²) in [5, 5.41) is 6.71. The van der Waals surface area contributed by atoms with Crippen LogP contribution in [0.25, 0.3) is 0 Å². The highest BCUT2D eigenvalue weighted by molar-refractivity contribution is 7.89. The second kappa shape index (κ2) is 7.98. The number of benzene rings is 1. The molecule has 1 N–H and O–H groups in total. The first-order valence-corrected chi connectivity index (χ1v) is 10.3. The molecule has 8 nitrogen and oxygen atoms in total. The van der Waals surface area contributed by atoms with Crippen LogP contribution in [0, 0.1) is 26.6 Å². The molecule has 1 saturated heterocycles. The Balaban J connectivity index is 1.80. The number of ether oxygens (including phenoxy) is 1. The first-order valence-electron chi connectivity index (χ1n) is 8.88. The second-order valence-electron chi connectivity index (χ2n) is 6.71. The zero-order chi connectivity index (χ0) is 20.5. The molecule has 10 heteroatoms. The van der Waals surface area contributed by atoms with E-state index in [9.17, 15) is 17.6 Å². The van der Waals surface area contributed by atoms with Crippen LogP contribution in [0.2, 0.25) is 0 Å². The highest BCUT2D eigenvalue weighted by Gasteiger charge is 2.32. The van der Waals surface area contributed by atoms with Gasteiger partial charge >= 0.3 is 0 Å².